The summed E-state index contributed by atoms with van der Waals surface area (Å²) in [6.45, 7) is 1.70. The van der Waals surface area contributed by atoms with E-state index in [4.69, 9.17) is 14.2 Å². The molecule has 0 aromatic heterocycles. The minimum Gasteiger partial charge on any atom is -0.499 e. The normalized spacial score (nSPS) is 36.6. The first-order valence-corrected chi connectivity index (χ1v) is 8.43. The third kappa shape index (κ3) is 1.76. The molecule has 0 bridgehead atoms. The Balaban J connectivity index is 1.70. The van der Waals surface area contributed by atoms with Crippen LogP contribution in [0.15, 0.2) is 24.0 Å². The number of aliphatic hydroxyl groups excluding tert-OH is 2. The molecule has 2 N–H and O–H groups in total. The van der Waals surface area contributed by atoms with E-state index in [1.165, 1.54) is 5.56 Å². The Bertz CT molecular complexity index is 732. The summed E-state index contributed by atoms with van der Waals surface area (Å²) >= 11 is 0. The van der Waals surface area contributed by atoms with Crippen molar-refractivity contribution in [2.75, 3.05) is 27.0 Å². The molecule has 1 fully saturated rings. The van der Waals surface area contributed by atoms with Crippen molar-refractivity contribution in [3.8, 4) is 11.5 Å². The molecule has 1 aromatic rings. The number of nitrogens with zero attached hydrogens (tertiary/aromatic N) is 1. The number of hydrogen-bond acceptors (Lipinski definition) is 6. The summed E-state index contributed by atoms with van der Waals surface area (Å²) < 4.78 is 16.5. The van der Waals surface area contributed by atoms with Crippen LogP contribution in [-0.4, -0.2) is 59.9 Å². The second-order valence-electron chi connectivity index (χ2n) is 7.12. The van der Waals surface area contributed by atoms with Crippen molar-refractivity contribution in [2.45, 2.75) is 36.5 Å². The lowest BCUT2D eigenvalue weighted by atomic mass is 9.77. The van der Waals surface area contributed by atoms with Crippen LogP contribution in [0.2, 0.25) is 0 Å². The molecular weight excluding hydrogens is 310 g/mol. The van der Waals surface area contributed by atoms with Gasteiger partial charge in [0.25, 0.3) is 0 Å². The van der Waals surface area contributed by atoms with Gasteiger partial charge in [-0.3, -0.25) is 4.90 Å². The van der Waals surface area contributed by atoms with E-state index in [0.717, 1.165) is 30.0 Å². The molecule has 24 heavy (non-hydrogen) atoms. The lowest BCUT2D eigenvalue weighted by molar-refractivity contribution is 0.0781. The van der Waals surface area contributed by atoms with Gasteiger partial charge in [-0.25, -0.2) is 0 Å². The Kier molecular flexibility index (Phi) is 2.96. The summed E-state index contributed by atoms with van der Waals surface area (Å²) in [5, 5.41) is 21.3. The molecule has 1 saturated heterocycles. The number of aliphatic hydroxyl groups is 2. The van der Waals surface area contributed by atoms with Gasteiger partial charge in [-0.2, -0.15) is 0 Å². The van der Waals surface area contributed by atoms with E-state index in [1.54, 1.807) is 7.11 Å². The molecule has 4 aliphatic rings. The first-order chi connectivity index (χ1) is 11.6. The van der Waals surface area contributed by atoms with E-state index in [0.29, 0.717) is 18.7 Å². The first-order valence-electron chi connectivity index (χ1n) is 8.43. The van der Waals surface area contributed by atoms with Gasteiger partial charge in [0.2, 0.25) is 6.79 Å². The zero-order valence-corrected chi connectivity index (χ0v) is 13.6. The van der Waals surface area contributed by atoms with Gasteiger partial charge >= 0.3 is 0 Å². The monoisotopic (exact) mass is 331 g/mol. The van der Waals surface area contributed by atoms with Crippen molar-refractivity contribution in [1.82, 2.24) is 4.90 Å². The summed E-state index contributed by atoms with van der Waals surface area (Å²) in [7, 11) is 1.59. The Morgan fingerprint density at radius 1 is 1.25 bits per heavy atom. The first kappa shape index (κ1) is 14.6. The second-order valence-corrected chi connectivity index (χ2v) is 7.12. The highest BCUT2D eigenvalue weighted by Crippen LogP contribution is 2.54. The lowest BCUT2D eigenvalue weighted by Gasteiger charge is -2.38. The van der Waals surface area contributed by atoms with Gasteiger partial charge < -0.3 is 24.4 Å². The maximum Gasteiger partial charge on any atom is 0.231 e. The largest absolute Gasteiger partial charge is 0.499 e. The fourth-order valence-electron chi connectivity index (χ4n) is 5.01. The number of methoxy groups -OCH3 is 1. The molecule has 0 radical (unpaired) electrons. The molecule has 128 valence electrons. The molecule has 1 unspecified atom stereocenters. The van der Waals surface area contributed by atoms with E-state index in [1.807, 2.05) is 18.2 Å². The summed E-state index contributed by atoms with van der Waals surface area (Å²) in [5.41, 5.74) is 1.85. The standard InChI is InChI=1S/C18H21NO5/c1-22-15-7-18-6-11(20)8-19(18)3-2-10-4-13-14(24-9-23-13)5-12(10)16(18)17(15)21/h4-5,7,11,16-17,20-21H,2-3,6,8-9H2,1H3/t11?,16-,17-,18+/m1/s1. The summed E-state index contributed by atoms with van der Waals surface area (Å²) in [4.78, 5) is 2.30. The number of β-amino-alcohol motifs (C(OH)–C–C–N with tert-alkyl or cyclic N) is 1. The predicted molar refractivity (Wildman–Crippen MR) is 85.0 cm³/mol. The van der Waals surface area contributed by atoms with Crippen LogP contribution in [0.25, 0.3) is 0 Å². The zero-order valence-electron chi connectivity index (χ0n) is 13.6. The molecule has 0 amide bonds. The maximum atomic E-state index is 11.0. The van der Waals surface area contributed by atoms with Gasteiger partial charge in [-0.15, -0.1) is 0 Å². The topological polar surface area (TPSA) is 71.4 Å². The van der Waals surface area contributed by atoms with Gasteiger partial charge in [0.1, 0.15) is 11.9 Å². The SMILES string of the molecule is COC1=C[C@]23CC(O)CN2CCc2cc4c(cc2[C@@H]3[C@@H]1O)OCO4. The van der Waals surface area contributed by atoms with Gasteiger partial charge in [-0.1, -0.05) is 0 Å². The summed E-state index contributed by atoms with van der Waals surface area (Å²) in [6, 6.07) is 4.05. The number of hydrogen-bond donors (Lipinski definition) is 2. The Labute approximate surface area is 140 Å². The van der Waals surface area contributed by atoms with Gasteiger partial charge in [0, 0.05) is 19.0 Å². The zero-order chi connectivity index (χ0) is 16.5. The molecule has 6 nitrogen and oxygen atoms in total. The lowest BCUT2D eigenvalue weighted by Crippen LogP contribution is -2.46. The molecule has 1 aliphatic carbocycles. The van der Waals surface area contributed by atoms with Crippen LogP contribution in [0.3, 0.4) is 0 Å². The van der Waals surface area contributed by atoms with Crippen molar-refractivity contribution in [3.05, 3.63) is 35.1 Å². The van der Waals surface area contributed by atoms with Gasteiger partial charge in [-0.05, 0) is 42.2 Å². The highest BCUT2D eigenvalue weighted by atomic mass is 16.7. The number of fused-ring (bicyclic) bond motifs is 3. The second kappa shape index (κ2) is 4.88. The van der Waals surface area contributed by atoms with Crippen LogP contribution >= 0.6 is 0 Å². The molecule has 1 spiro atoms. The van der Waals surface area contributed by atoms with Crippen molar-refractivity contribution >= 4 is 0 Å². The van der Waals surface area contributed by atoms with Crippen molar-refractivity contribution < 1.29 is 24.4 Å². The van der Waals surface area contributed by atoms with Crippen LogP contribution < -0.4 is 9.47 Å². The van der Waals surface area contributed by atoms with Gasteiger partial charge in [0.15, 0.2) is 11.5 Å². The molecule has 1 aromatic carbocycles. The molecular formula is C18H21NO5. The summed E-state index contributed by atoms with van der Waals surface area (Å²) in [5.74, 6) is 1.92. The van der Waals surface area contributed by atoms with Crippen LogP contribution in [0, 0.1) is 0 Å². The van der Waals surface area contributed by atoms with E-state index in [9.17, 15) is 10.2 Å². The quantitative estimate of drug-likeness (QED) is 0.792. The Morgan fingerprint density at radius 3 is 2.83 bits per heavy atom. The van der Waals surface area contributed by atoms with Crippen molar-refractivity contribution in [1.29, 1.82) is 0 Å². The van der Waals surface area contributed by atoms with Crippen LogP contribution in [0.5, 0.6) is 11.5 Å². The fourth-order valence-corrected chi connectivity index (χ4v) is 5.01. The molecule has 4 atom stereocenters. The van der Waals surface area contributed by atoms with Crippen LogP contribution in [-0.2, 0) is 11.2 Å². The molecule has 3 aliphatic heterocycles. The van der Waals surface area contributed by atoms with Crippen LogP contribution in [0.1, 0.15) is 23.5 Å². The minimum atomic E-state index is -0.722. The highest BCUT2D eigenvalue weighted by Gasteiger charge is 2.58. The van der Waals surface area contributed by atoms with E-state index in [2.05, 4.69) is 4.90 Å². The third-order valence-electron chi connectivity index (χ3n) is 5.98. The van der Waals surface area contributed by atoms with E-state index in [-0.39, 0.29) is 18.8 Å². The van der Waals surface area contributed by atoms with Crippen molar-refractivity contribution in [2.24, 2.45) is 0 Å². The Morgan fingerprint density at radius 2 is 2.04 bits per heavy atom. The van der Waals surface area contributed by atoms with E-state index >= 15 is 0 Å². The predicted octanol–water partition coefficient (Wildman–Crippen LogP) is 0.765. The molecule has 0 saturated carbocycles. The number of rotatable bonds is 1. The minimum absolute atomic E-state index is 0.170. The number of benzene rings is 1. The van der Waals surface area contributed by atoms with Crippen LogP contribution in [0.4, 0.5) is 0 Å². The summed E-state index contributed by atoms with van der Waals surface area (Å²) in [6.07, 6.45) is 2.38. The average Bonchev–Trinajstić information content (AvgIpc) is 3.19. The maximum absolute atomic E-state index is 11.0. The number of ether oxygens (including phenoxy) is 3. The van der Waals surface area contributed by atoms with E-state index < -0.39 is 11.6 Å². The molecule has 6 heteroatoms. The fraction of sp³-hybridized carbons (Fsp3) is 0.556. The smallest absolute Gasteiger partial charge is 0.231 e. The highest BCUT2D eigenvalue weighted by molar-refractivity contribution is 5.54. The van der Waals surface area contributed by atoms with Crippen molar-refractivity contribution in [3.63, 3.8) is 0 Å². The van der Waals surface area contributed by atoms with Gasteiger partial charge in [0.05, 0.1) is 18.8 Å². The average molecular weight is 331 g/mol. The Hall–Kier alpha value is -1.76. The third-order valence-corrected chi connectivity index (χ3v) is 5.98. The molecule has 5 rings (SSSR count). The molecule has 3 heterocycles.